The molecule has 3 heterocycles. The summed E-state index contributed by atoms with van der Waals surface area (Å²) in [6.07, 6.45) is 11.4. The summed E-state index contributed by atoms with van der Waals surface area (Å²) < 4.78 is 1.91. The molecule has 112 valence electrons. The Morgan fingerprint density at radius 2 is 2.17 bits per heavy atom. The lowest BCUT2D eigenvalue weighted by Gasteiger charge is -2.09. The van der Waals surface area contributed by atoms with Crippen LogP contribution in [0.15, 0.2) is 48.4 Å². The molecule has 0 atom stereocenters. The molecule has 0 saturated heterocycles. The lowest BCUT2D eigenvalue weighted by atomic mass is 9.94. The summed E-state index contributed by atoms with van der Waals surface area (Å²) in [6, 6.07) is 6.20. The van der Waals surface area contributed by atoms with Crippen molar-refractivity contribution in [3.63, 3.8) is 0 Å². The molecule has 1 aliphatic carbocycles. The van der Waals surface area contributed by atoms with Crippen LogP contribution in [0.4, 0.5) is 0 Å². The van der Waals surface area contributed by atoms with E-state index < -0.39 is 0 Å². The lowest BCUT2D eigenvalue weighted by molar-refractivity contribution is 0.868. The molecule has 5 heteroatoms. The highest BCUT2D eigenvalue weighted by atomic mass is 15.3. The van der Waals surface area contributed by atoms with Crippen molar-refractivity contribution < 1.29 is 0 Å². The second-order valence-corrected chi connectivity index (χ2v) is 5.64. The van der Waals surface area contributed by atoms with E-state index in [1.807, 2.05) is 42.1 Å². The number of fused-ring (bicyclic) bond motifs is 1. The smallest absolute Gasteiger partial charge is 0.139 e. The molecular formula is C18H15N5. The van der Waals surface area contributed by atoms with E-state index in [1.165, 1.54) is 5.57 Å². The molecule has 0 amide bonds. The van der Waals surface area contributed by atoms with E-state index in [2.05, 4.69) is 27.3 Å². The normalized spacial score (nSPS) is 14.4. The molecule has 1 aliphatic rings. The molecule has 0 radical (unpaired) electrons. The third kappa shape index (κ3) is 2.25. The third-order valence-corrected chi connectivity index (χ3v) is 4.22. The highest BCUT2D eigenvalue weighted by Crippen LogP contribution is 2.29. The van der Waals surface area contributed by atoms with Gasteiger partial charge in [-0.15, -0.1) is 0 Å². The van der Waals surface area contributed by atoms with E-state index in [9.17, 15) is 0 Å². The van der Waals surface area contributed by atoms with Gasteiger partial charge in [0.1, 0.15) is 5.65 Å². The average Bonchev–Trinajstić information content (AvgIpc) is 3.21. The van der Waals surface area contributed by atoms with Gasteiger partial charge >= 0.3 is 0 Å². The van der Waals surface area contributed by atoms with Crippen LogP contribution in [0.1, 0.15) is 24.1 Å². The molecule has 1 N–H and O–H groups in total. The molecule has 0 unspecified atom stereocenters. The van der Waals surface area contributed by atoms with Crippen molar-refractivity contribution in [1.29, 1.82) is 5.26 Å². The Bertz CT molecular complexity index is 994. The number of hydrogen-bond acceptors (Lipinski definition) is 3. The first-order valence-corrected chi connectivity index (χ1v) is 7.55. The van der Waals surface area contributed by atoms with Crippen molar-refractivity contribution in [2.45, 2.75) is 19.8 Å². The summed E-state index contributed by atoms with van der Waals surface area (Å²) in [7, 11) is 0. The molecule has 3 aromatic rings. The number of allylic oxidation sites excluding steroid dienone is 4. The summed E-state index contributed by atoms with van der Waals surface area (Å²) >= 11 is 0. The highest BCUT2D eigenvalue weighted by Gasteiger charge is 2.15. The quantitative estimate of drug-likeness (QED) is 0.784. The summed E-state index contributed by atoms with van der Waals surface area (Å²) in [5.41, 5.74) is 6.06. The number of hydrogen-bond donors (Lipinski definition) is 1. The van der Waals surface area contributed by atoms with E-state index in [0.717, 1.165) is 46.4 Å². The van der Waals surface area contributed by atoms with Crippen LogP contribution < -0.4 is 0 Å². The SMILES string of the molecule is Cc1nn(-c2ccnc3[nH]ccc23)cc1C1=CC=C(C#N)CC1. The van der Waals surface area contributed by atoms with Crippen LogP contribution in [0.2, 0.25) is 0 Å². The molecule has 0 aromatic carbocycles. The molecular weight excluding hydrogens is 286 g/mol. The number of rotatable bonds is 2. The van der Waals surface area contributed by atoms with Crippen LogP contribution in [0.3, 0.4) is 0 Å². The Balaban J connectivity index is 1.79. The van der Waals surface area contributed by atoms with Crippen molar-refractivity contribution in [2.24, 2.45) is 0 Å². The van der Waals surface area contributed by atoms with Gasteiger partial charge in [-0.05, 0) is 43.5 Å². The third-order valence-electron chi connectivity index (χ3n) is 4.22. The largest absolute Gasteiger partial charge is 0.346 e. The fraction of sp³-hybridized carbons (Fsp3) is 0.167. The Labute approximate surface area is 133 Å². The Hall–Kier alpha value is -3.13. The van der Waals surface area contributed by atoms with E-state index in [1.54, 1.807) is 6.20 Å². The number of pyridine rings is 1. The Morgan fingerprint density at radius 1 is 1.26 bits per heavy atom. The Kier molecular flexibility index (Phi) is 3.09. The molecule has 0 spiro atoms. The zero-order chi connectivity index (χ0) is 15.8. The van der Waals surface area contributed by atoms with Gasteiger partial charge in [-0.2, -0.15) is 10.4 Å². The van der Waals surface area contributed by atoms with Crippen molar-refractivity contribution in [3.05, 3.63) is 59.7 Å². The van der Waals surface area contributed by atoms with Gasteiger partial charge in [0.25, 0.3) is 0 Å². The molecule has 5 nitrogen and oxygen atoms in total. The molecule has 3 aromatic heterocycles. The van der Waals surface area contributed by atoms with Gasteiger partial charge < -0.3 is 4.98 Å². The summed E-state index contributed by atoms with van der Waals surface area (Å²) in [4.78, 5) is 7.44. The second kappa shape index (κ2) is 5.25. The van der Waals surface area contributed by atoms with Gasteiger partial charge in [-0.3, -0.25) is 0 Å². The number of nitrogens with one attached hydrogen (secondary N) is 1. The van der Waals surface area contributed by atoms with Crippen LogP contribution in [0, 0.1) is 18.3 Å². The molecule has 0 saturated carbocycles. The number of aromatic amines is 1. The van der Waals surface area contributed by atoms with Crippen molar-refractivity contribution in [2.75, 3.05) is 0 Å². The fourth-order valence-electron chi connectivity index (χ4n) is 3.00. The minimum absolute atomic E-state index is 0.796. The number of H-pyrrole nitrogens is 1. The maximum absolute atomic E-state index is 8.96. The molecule has 0 fully saturated rings. The van der Waals surface area contributed by atoms with Crippen molar-refractivity contribution in [3.8, 4) is 11.8 Å². The second-order valence-electron chi connectivity index (χ2n) is 5.64. The highest BCUT2D eigenvalue weighted by molar-refractivity contribution is 5.84. The van der Waals surface area contributed by atoms with Gasteiger partial charge in [-0.25, -0.2) is 9.67 Å². The standard InChI is InChI=1S/C18H15N5/c1-12-16(14-4-2-13(10-19)3-5-14)11-23(22-12)17-7-9-21-18-15(17)6-8-20-18/h2,4,6-9,11H,3,5H2,1H3,(H,20,21). The van der Waals surface area contributed by atoms with E-state index in [0.29, 0.717) is 0 Å². The Morgan fingerprint density at radius 3 is 2.96 bits per heavy atom. The topological polar surface area (TPSA) is 70.3 Å². The van der Waals surface area contributed by atoms with Crippen molar-refractivity contribution >= 4 is 16.6 Å². The first-order chi connectivity index (χ1) is 11.3. The predicted octanol–water partition coefficient (Wildman–Crippen LogP) is 3.68. The van der Waals surface area contributed by atoms with Crippen molar-refractivity contribution in [1.82, 2.24) is 19.7 Å². The molecule has 0 aliphatic heterocycles. The maximum atomic E-state index is 8.96. The van der Waals surface area contributed by atoms with E-state index >= 15 is 0 Å². The maximum Gasteiger partial charge on any atom is 0.139 e. The van der Waals surface area contributed by atoms with Gasteiger partial charge in [0.15, 0.2) is 0 Å². The zero-order valence-electron chi connectivity index (χ0n) is 12.7. The van der Waals surface area contributed by atoms with Crippen LogP contribution in [0.25, 0.3) is 22.3 Å². The number of aryl methyl sites for hydroxylation is 1. The monoisotopic (exact) mass is 301 g/mol. The zero-order valence-corrected chi connectivity index (χ0v) is 12.7. The predicted molar refractivity (Wildman–Crippen MR) is 88.9 cm³/mol. The van der Waals surface area contributed by atoms with Gasteiger partial charge in [-0.1, -0.05) is 6.08 Å². The number of aromatic nitrogens is 4. The minimum atomic E-state index is 0.796. The fourth-order valence-corrected chi connectivity index (χ4v) is 3.00. The summed E-state index contributed by atoms with van der Waals surface area (Å²) in [6.45, 7) is 2.02. The molecule has 4 rings (SSSR count). The van der Waals surface area contributed by atoms with E-state index in [4.69, 9.17) is 5.26 Å². The van der Waals surface area contributed by atoms with E-state index in [-0.39, 0.29) is 0 Å². The van der Waals surface area contributed by atoms with Gasteiger partial charge in [0.2, 0.25) is 0 Å². The summed E-state index contributed by atoms with van der Waals surface area (Å²) in [5, 5.41) is 14.7. The number of nitriles is 1. The van der Waals surface area contributed by atoms with Crippen LogP contribution in [-0.4, -0.2) is 19.7 Å². The van der Waals surface area contributed by atoms with Gasteiger partial charge in [0, 0.05) is 35.1 Å². The molecule has 23 heavy (non-hydrogen) atoms. The minimum Gasteiger partial charge on any atom is -0.346 e. The van der Waals surface area contributed by atoms with Crippen LogP contribution in [0.5, 0.6) is 0 Å². The summed E-state index contributed by atoms with van der Waals surface area (Å²) in [5.74, 6) is 0. The number of nitrogens with zero attached hydrogens (tertiary/aromatic N) is 4. The van der Waals surface area contributed by atoms with Crippen LogP contribution >= 0.6 is 0 Å². The average molecular weight is 301 g/mol. The van der Waals surface area contributed by atoms with Gasteiger partial charge in [0.05, 0.1) is 17.5 Å². The lowest BCUT2D eigenvalue weighted by Crippen LogP contribution is -1.96. The van der Waals surface area contributed by atoms with Crippen LogP contribution in [-0.2, 0) is 0 Å². The first kappa shape index (κ1) is 13.5. The first-order valence-electron chi connectivity index (χ1n) is 7.55. The molecule has 0 bridgehead atoms.